The molecule has 0 N–H and O–H groups in total. The van der Waals surface area contributed by atoms with Crippen LogP contribution in [0.4, 0.5) is 0 Å². The van der Waals surface area contributed by atoms with Gasteiger partial charge in [-0.05, 0) is 31.5 Å². The number of hydrogen-bond donors (Lipinski definition) is 0. The largest absolute Gasteiger partial charge is 0.484 e. The first-order chi connectivity index (χ1) is 12.1. The Bertz CT molecular complexity index is 677. The molecule has 1 fully saturated rings. The number of hydrogen-bond acceptors (Lipinski definition) is 3. The second kappa shape index (κ2) is 8.17. The van der Waals surface area contributed by atoms with E-state index in [-0.39, 0.29) is 12.5 Å². The SMILES string of the molecule is Cc1ccc(OCC(=O)N2CCN(C(C)c3ccccc3)CC2)cc1. The monoisotopic (exact) mass is 338 g/mol. The van der Waals surface area contributed by atoms with E-state index in [0.29, 0.717) is 6.04 Å². The molecule has 1 aliphatic rings. The van der Waals surface area contributed by atoms with Crippen molar-refractivity contribution >= 4 is 5.91 Å². The van der Waals surface area contributed by atoms with Crippen molar-refractivity contribution in [3.05, 3.63) is 65.7 Å². The standard InChI is InChI=1S/C21H26N2O2/c1-17-8-10-20(11-9-17)25-16-21(24)23-14-12-22(13-15-23)18(2)19-6-4-3-5-7-19/h3-11,18H,12-16H2,1-2H3. The first-order valence-corrected chi connectivity index (χ1v) is 8.90. The molecule has 0 spiro atoms. The Labute approximate surface area is 150 Å². The van der Waals surface area contributed by atoms with Crippen LogP contribution in [0.3, 0.4) is 0 Å². The number of carbonyl (C=O) groups excluding carboxylic acids is 1. The van der Waals surface area contributed by atoms with Gasteiger partial charge in [-0.3, -0.25) is 9.69 Å². The first-order valence-electron chi connectivity index (χ1n) is 8.90. The molecular weight excluding hydrogens is 312 g/mol. The van der Waals surface area contributed by atoms with Crippen LogP contribution in [-0.4, -0.2) is 48.5 Å². The lowest BCUT2D eigenvalue weighted by molar-refractivity contribution is -0.135. The van der Waals surface area contributed by atoms with Crippen molar-refractivity contribution in [1.29, 1.82) is 0 Å². The second-order valence-corrected chi connectivity index (χ2v) is 6.61. The van der Waals surface area contributed by atoms with Crippen molar-refractivity contribution in [1.82, 2.24) is 9.80 Å². The van der Waals surface area contributed by atoms with Crippen molar-refractivity contribution in [2.75, 3.05) is 32.8 Å². The van der Waals surface area contributed by atoms with Gasteiger partial charge in [0.05, 0.1) is 0 Å². The van der Waals surface area contributed by atoms with E-state index in [1.807, 2.05) is 42.2 Å². The average Bonchev–Trinajstić information content (AvgIpc) is 2.67. The Kier molecular flexibility index (Phi) is 5.71. The molecule has 1 amide bonds. The van der Waals surface area contributed by atoms with E-state index >= 15 is 0 Å². The fraction of sp³-hybridized carbons (Fsp3) is 0.381. The van der Waals surface area contributed by atoms with Crippen LogP contribution in [0.15, 0.2) is 54.6 Å². The zero-order valence-corrected chi connectivity index (χ0v) is 15.0. The average molecular weight is 338 g/mol. The molecule has 4 heteroatoms. The molecule has 1 atom stereocenters. The molecule has 0 aliphatic carbocycles. The van der Waals surface area contributed by atoms with Crippen molar-refractivity contribution < 1.29 is 9.53 Å². The van der Waals surface area contributed by atoms with Crippen molar-refractivity contribution in [2.24, 2.45) is 0 Å². The normalized spacial score (nSPS) is 16.5. The van der Waals surface area contributed by atoms with Gasteiger partial charge >= 0.3 is 0 Å². The molecule has 0 saturated carbocycles. The van der Waals surface area contributed by atoms with Gasteiger partial charge in [-0.2, -0.15) is 0 Å². The van der Waals surface area contributed by atoms with E-state index in [1.165, 1.54) is 11.1 Å². The fourth-order valence-electron chi connectivity index (χ4n) is 3.17. The molecule has 0 bridgehead atoms. The van der Waals surface area contributed by atoms with Gasteiger partial charge in [0.15, 0.2) is 6.61 Å². The summed E-state index contributed by atoms with van der Waals surface area (Å²) in [4.78, 5) is 16.7. The van der Waals surface area contributed by atoms with E-state index in [9.17, 15) is 4.79 Å². The van der Waals surface area contributed by atoms with Crippen molar-refractivity contribution in [3.8, 4) is 5.75 Å². The molecule has 1 aliphatic heterocycles. The van der Waals surface area contributed by atoms with Crippen molar-refractivity contribution in [2.45, 2.75) is 19.9 Å². The fourth-order valence-corrected chi connectivity index (χ4v) is 3.17. The third-order valence-corrected chi connectivity index (χ3v) is 4.88. The molecule has 1 unspecified atom stereocenters. The van der Waals surface area contributed by atoms with Crippen LogP contribution in [0.1, 0.15) is 24.1 Å². The molecule has 3 rings (SSSR count). The number of piperazine rings is 1. The highest BCUT2D eigenvalue weighted by molar-refractivity contribution is 5.77. The van der Waals surface area contributed by atoms with Crippen LogP contribution in [-0.2, 0) is 4.79 Å². The Hall–Kier alpha value is -2.33. The third-order valence-electron chi connectivity index (χ3n) is 4.88. The number of carbonyl (C=O) groups is 1. The second-order valence-electron chi connectivity index (χ2n) is 6.61. The lowest BCUT2D eigenvalue weighted by Crippen LogP contribution is -2.50. The highest BCUT2D eigenvalue weighted by atomic mass is 16.5. The quantitative estimate of drug-likeness (QED) is 0.839. The number of rotatable bonds is 5. The minimum atomic E-state index is 0.0626. The molecule has 0 radical (unpaired) electrons. The predicted molar refractivity (Wildman–Crippen MR) is 99.7 cm³/mol. The van der Waals surface area contributed by atoms with Crippen LogP contribution >= 0.6 is 0 Å². The minimum absolute atomic E-state index is 0.0626. The predicted octanol–water partition coefficient (Wildman–Crippen LogP) is 3.28. The molecule has 4 nitrogen and oxygen atoms in total. The number of amides is 1. The van der Waals surface area contributed by atoms with E-state index < -0.39 is 0 Å². The lowest BCUT2D eigenvalue weighted by atomic mass is 10.1. The summed E-state index contributed by atoms with van der Waals surface area (Å²) in [5, 5.41) is 0. The van der Waals surface area contributed by atoms with Gasteiger partial charge in [-0.1, -0.05) is 48.0 Å². The van der Waals surface area contributed by atoms with E-state index in [4.69, 9.17) is 4.74 Å². The lowest BCUT2D eigenvalue weighted by Gasteiger charge is -2.38. The maximum atomic E-state index is 12.4. The van der Waals surface area contributed by atoms with Gasteiger partial charge in [0.1, 0.15) is 5.75 Å². The number of ether oxygens (including phenoxy) is 1. The molecule has 2 aromatic carbocycles. The summed E-state index contributed by atoms with van der Waals surface area (Å²) < 4.78 is 5.61. The zero-order chi connectivity index (χ0) is 17.6. The van der Waals surface area contributed by atoms with Gasteiger partial charge in [-0.15, -0.1) is 0 Å². The molecular formula is C21H26N2O2. The number of nitrogens with zero attached hydrogens (tertiary/aromatic N) is 2. The summed E-state index contributed by atoms with van der Waals surface area (Å²) in [5.41, 5.74) is 2.51. The maximum absolute atomic E-state index is 12.4. The van der Waals surface area contributed by atoms with Gasteiger partial charge in [0.25, 0.3) is 5.91 Å². The smallest absolute Gasteiger partial charge is 0.260 e. The van der Waals surface area contributed by atoms with Crippen LogP contribution < -0.4 is 4.74 Å². The van der Waals surface area contributed by atoms with Crippen molar-refractivity contribution in [3.63, 3.8) is 0 Å². The maximum Gasteiger partial charge on any atom is 0.260 e. The summed E-state index contributed by atoms with van der Waals surface area (Å²) in [6.45, 7) is 7.68. The Morgan fingerprint density at radius 1 is 1.00 bits per heavy atom. The number of aryl methyl sites for hydroxylation is 1. The molecule has 2 aromatic rings. The van der Waals surface area contributed by atoms with E-state index in [2.05, 4.69) is 36.1 Å². The first kappa shape index (κ1) is 17.5. The van der Waals surface area contributed by atoms with Crippen LogP contribution in [0, 0.1) is 6.92 Å². The summed E-state index contributed by atoms with van der Waals surface area (Å²) in [5.74, 6) is 0.808. The highest BCUT2D eigenvalue weighted by Gasteiger charge is 2.24. The Morgan fingerprint density at radius 3 is 2.28 bits per heavy atom. The van der Waals surface area contributed by atoms with Gasteiger partial charge in [-0.25, -0.2) is 0 Å². The van der Waals surface area contributed by atoms with Gasteiger partial charge in [0, 0.05) is 32.2 Å². The van der Waals surface area contributed by atoms with Gasteiger partial charge < -0.3 is 9.64 Å². The van der Waals surface area contributed by atoms with Crippen LogP contribution in [0.5, 0.6) is 5.75 Å². The number of benzene rings is 2. The third kappa shape index (κ3) is 4.60. The molecule has 1 heterocycles. The van der Waals surface area contributed by atoms with Crippen LogP contribution in [0.2, 0.25) is 0 Å². The molecule has 0 aromatic heterocycles. The van der Waals surface area contributed by atoms with E-state index in [0.717, 1.165) is 31.9 Å². The summed E-state index contributed by atoms with van der Waals surface area (Å²) in [6, 6.07) is 18.7. The van der Waals surface area contributed by atoms with E-state index in [1.54, 1.807) is 0 Å². The van der Waals surface area contributed by atoms with Gasteiger partial charge in [0.2, 0.25) is 0 Å². The Balaban J connectivity index is 1.46. The zero-order valence-electron chi connectivity index (χ0n) is 15.0. The van der Waals surface area contributed by atoms with Crippen LogP contribution in [0.25, 0.3) is 0 Å². The molecule has 132 valence electrons. The molecule has 25 heavy (non-hydrogen) atoms. The minimum Gasteiger partial charge on any atom is -0.484 e. The summed E-state index contributed by atoms with van der Waals surface area (Å²) >= 11 is 0. The molecule has 1 saturated heterocycles. The summed E-state index contributed by atoms with van der Waals surface area (Å²) in [6.07, 6.45) is 0. The highest BCUT2D eigenvalue weighted by Crippen LogP contribution is 2.21. The topological polar surface area (TPSA) is 32.8 Å². The Morgan fingerprint density at radius 2 is 1.64 bits per heavy atom. The summed E-state index contributed by atoms with van der Waals surface area (Å²) in [7, 11) is 0.